The molecule has 0 aliphatic rings. The second-order valence-corrected chi connectivity index (χ2v) is 6.71. The maximum Gasteiger partial charge on any atom is 0.323 e. The first-order valence-electron chi connectivity index (χ1n) is 6.71. The van der Waals surface area contributed by atoms with Crippen LogP contribution in [0.5, 0.6) is 0 Å². The number of hydrogen-bond donors (Lipinski definition) is 3. The lowest BCUT2D eigenvalue weighted by molar-refractivity contribution is 0.101. The first kappa shape index (κ1) is 15.0. The van der Waals surface area contributed by atoms with Crippen molar-refractivity contribution in [1.82, 2.24) is 9.97 Å². The summed E-state index contributed by atoms with van der Waals surface area (Å²) >= 11 is 0. The van der Waals surface area contributed by atoms with Crippen LogP contribution in [0.1, 0.15) is 17.3 Å². The van der Waals surface area contributed by atoms with Crippen LogP contribution in [0.25, 0.3) is 11.0 Å². The van der Waals surface area contributed by atoms with E-state index < -0.39 is 15.7 Å². The molecule has 23 heavy (non-hydrogen) atoms. The average molecular weight is 331 g/mol. The molecule has 3 N–H and O–H groups in total. The highest BCUT2D eigenvalue weighted by Crippen LogP contribution is 2.20. The summed E-state index contributed by atoms with van der Waals surface area (Å²) in [6.45, 7) is 1.41. The van der Waals surface area contributed by atoms with E-state index in [0.29, 0.717) is 22.3 Å². The molecular formula is C15H13N3O4S. The van der Waals surface area contributed by atoms with Gasteiger partial charge in [0, 0.05) is 11.3 Å². The van der Waals surface area contributed by atoms with Crippen LogP contribution in [-0.4, -0.2) is 24.2 Å². The second-order valence-electron chi connectivity index (χ2n) is 5.03. The minimum atomic E-state index is -3.84. The Labute approximate surface area is 131 Å². The number of nitrogens with one attached hydrogen (secondary N) is 3. The largest absolute Gasteiger partial charge is 0.323 e. The van der Waals surface area contributed by atoms with Crippen molar-refractivity contribution >= 4 is 32.5 Å². The quantitative estimate of drug-likeness (QED) is 0.633. The molecule has 0 unspecified atom stereocenters. The number of ketones is 1. The van der Waals surface area contributed by atoms with Gasteiger partial charge in [-0.1, -0.05) is 12.1 Å². The fraction of sp³-hybridized carbons (Fsp3) is 0.0667. The van der Waals surface area contributed by atoms with Crippen molar-refractivity contribution in [3.63, 3.8) is 0 Å². The molecule has 0 saturated heterocycles. The monoisotopic (exact) mass is 331 g/mol. The van der Waals surface area contributed by atoms with Crippen LogP contribution in [-0.2, 0) is 10.0 Å². The molecule has 1 aromatic heterocycles. The first-order chi connectivity index (χ1) is 10.8. The summed E-state index contributed by atoms with van der Waals surface area (Å²) in [5, 5.41) is 0. The number of hydrogen-bond acceptors (Lipinski definition) is 4. The van der Waals surface area contributed by atoms with Crippen molar-refractivity contribution in [3.8, 4) is 0 Å². The van der Waals surface area contributed by atoms with Crippen LogP contribution in [0.15, 0.2) is 52.2 Å². The van der Waals surface area contributed by atoms with Gasteiger partial charge in [-0.2, -0.15) is 0 Å². The van der Waals surface area contributed by atoms with E-state index in [0.717, 1.165) is 0 Å². The van der Waals surface area contributed by atoms with E-state index in [4.69, 9.17) is 0 Å². The van der Waals surface area contributed by atoms with Crippen LogP contribution in [0.4, 0.5) is 5.69 Å². The summed E-state index contributed by atoms with van der Waals surface area (Å²) in [5.74, 6) is -0.155. The van der Waals surface area contributed by atoms with Crippen molar-refractivity contribution in [1.29, 1.82) is 0 Å². The number of fused-ring (bicyclic) bond motifs is 1. The molecule has 118 valence electrons. The van der Waals surface area contributed by atoms with Gasteiger partial charge in [0.15, 0.2) is 5.78 Å². The molecular weight excluding hydrogens is 318 g/mol. The summed E-state index contributed by atoms with van der Waals surface area (Å²) in [5.41, 5.74) is 1.22. The van der Waals surface area contributed by atoms with Crippen LogP contribution in [0.3, 0.4) is 0 Å². The number of aromatic nitrogens is 2. The number of Topliss-reactive ketones (excluding diaryl/α,β-unsaturated/α-hetero) is 1. The van der Waals surface area contributed by atoms with Crippen LogP contribution in [0, 0.1) is 0 Å². The lowest BCUT2D eigenvalue weighted by atomic mass is 10.1. The molecule has 0 spiro atoms. The highest BCUT2D eigenvalue weighted by Gasteiger charge is 2.16. The third-order valence-corrected chi connectivity index (χ3v) is 4.70. The fourth-order valence-electron chi connectivity index (χ4n) is 2.19. The van der Waals surface area contributed by atoms with Crippen LogP contribution in [0.2, 0.25) is 0 Å². The highest BCUT2D eigenvalue weighted by molar-refractivity contribution is 7.92. The molecule has 0 radical (unpaired) electrons. The maximum absolute atomic E-state index is 12.4. The minimum Gasteiger partial charge on any atom is -0.306 e. The van der Waals surface area contributed by atoms with E-state index in [-0.39, 0.29) is 10.7 Å². The topological polar surface area (TPSA) is 112 Å². The van der Waals surface area contributed by atoms with Crippen molar-refractivity contribution in [2.75, 3.05) is 4.72 Å². The van der Waals surface area contributed by atoms with E-state index in [2.05, 4.69) is 14.7 Å². The molecule has 0 saturated carbocycles. The second kappa shape index (κ2) is 5.40. The van der Waals surface area contributed by atoms with E-state index >= 15 is 0 Å². The molecule has 0 aliphatic heterocycles. The van der Waals surface area contributed by atoms with E-state index in [1.807, 2.05) is 0 Å². The number of carbonyl (C=O) groups excluding carboxylic acids is 1. The van der Waals surface area contributed by atoms with Crippen LogP contribution < -0.4 is 10.4 Å². The first-order valence-corrected chi connectivity index (χ1v) is 8.19. The summed E-state index contributed by atoms with van der Waals surface area (Å²) in [6, 6.07) is 10.5. The van der Waals surface area contributed by atoms with Gasteiger partial charge in [0.1, 0.15) is 0 Å². The number of rotatable bonds is 4. The lowest BCUT2D eigenvalue weighted by Gasteiger charge is -2.09. The Kier molecular flexibility index (Phi) is 3.53. The fourth-order valence-corrected chi connectivity index (χ4v) is 3.27. The zero-order valence-corrected chi connectivity index (χ0v) is 12.9. The van der Waals surface area contributed by atoms with Gasteiger partial charge in [-0.05, 0) is 37.3 Å². The Hall–Kier alpha value is -2.87. The number of anilines is 1. The number of H-pyrrole nitrogens is 2. The van der Waals surface area contributed by atoms with Crippen molar-refractivity contribution < 1.29 is 13.2 Å². The Morgan fingerprint density at radius 1 is 1.04 bits per heavy atom. The smallest absolute Gasteiger partial charge is 0.306 e. The molecule has 8 heteroatoms. The van der Waals surface area contributed by atoms with E-state index in [1.165, 1.54) is 31.2 Å². The summed E-state index contributed by atoms with van der Waals surface area (Å²) in [7, 11) is -3.84. The molecule has 3 aromatic rings. The number of carbonyl (C=O) groups is 1. The summed E-state index contributed by atoms with van der Waals surface area (Å²) in [6.07, 6.45) is 0. The summed E-state index contributed by atoms with van der Waals surface area (Å²) in [4.78, 5) is 27.7. The molecule has 1 heterocycles. The molecule has 0 aliphatic carbocycles. The van der Waals surface area contributed by atoms with Gasteiger partial charge < -0.3 is 9.97 Å². The molecule has 0 bridgehead atoms. The number of sulfonamides is 1. The molecule has 7 nitrogen and oxygen atoms in total. The Balaban J connectivity index is 1.98. The van der Waals surface area contributed by atoms with Gasteiger partial charge >= 0.3 is 5.69 Å². The number of aromatic amines is 2. The Morgan fingerprint density at radius 3 is 2.52 bits per heavy atom. The maximum atomic E-state index is 12.4. The molecule has 0 atom stereocenters. The van der Waals surface area contributed by atoms with Gasteiger partial charge in [0.25, 0.3) is 10.0 Å². The zero-order valence-electron chi connectivity index (χ0n) is 12.1. The van der Waals surface area contributed by atoms with Crippen molar-refractivity contribution in [2.45, 2.75) is 11.8 Å². The number of benzene rings is 2. The third kappa shape index (κ3) is 3.02. The van der Waals surface area contributed by atoms with Gasteiger partial charge in [-0.25, -0.2) is 13.2 Å². The van der Waals surface area contributed by atoms with Gasteiger partial charge in [-0.3, -0.25) is 9.52 Å². The zero-order chi connectivity index (χ0) is 16.6. The van der Waals surface area contributed by atoms with Gasteiger partial charge in [0.2, 0.25) is 0 Å². The Bertz CT molecular complexity index is 1060. The lowest BCUT2D eigenvalue weighted by Crippen LogP contribution is -2.13. The minimum absolute atomic E-state index is 0.00785. The highest BCUT2D eigenvalue weighted by atomic mass is 32.2. The van der Waals surface area contributed by atoms with Crippen molar-refractivity contribution in [3.05, 3.63) is 58.5 Å². The van der Waals surface area contributed by atoms with Crippen molar-refractivity contribution in [2.24, 2.45) is 0 Å². The van der Waals surface area contributed by atoms with Gasteiger partial charge in [0.05, 0.1) is 15.9 Å². The molecule has 0 amide bonds. The average Bonchev–Trinajstić information content (AvgIpc) is 2.86. The van der Waals surface area contributed by atoms with Crippen LogP contribution >= 0.6 is 0 Å². The molecule has 0 fully saturated rings. The predicted octanol–water partition coefficient (Wildman–Crippen LogP) is 1.86. The van der Waals surface area contributed by atoms with Gasteiger partial charge in [-0.15, -0.1) is 0 Å². The third-order valence-electron chi connectivity index (χ3n) is 3.32. The normalized spacial score (nSPS) is 11.5. The number of imidazole rings is 1. The molecule has 2 aromatic carbocycles. The van der Waals surface area contributed by atoms with E-state index in [9.17, 15) is 18.0 Å². The van der Waals surface area contributed by atoms with E-state index in [1.54, 1.807) is 18.2 Å². The predicted molar refractivity (Wildman–Crippen MR) is 86.2 cm³/mol. The molecule has 3 rings (SSSR count). The summed E-state index contributed by atoms with van der Waals surface area (Å²) < 4.78 is 27.3. The Morgan fingerprint density at radius 2 is 1.78 bits per heavy atom. The standard InChI is InChI=1S/C15H13N3O4S/c1-9(19)10-3-2-4-11(7-10)18-23(21,22)12-5-6-13-14(8-12)17-15(20)16-13/h2-8,18H,1H3,(H2,16,17,20). The SMILES string of the molecule is CC(=O)c1cccc(NS(=O)(=O)c2ccc3[nH]c(=O)[nH]c3c2)c1.